The number of carboxylic acids is 1. The molecule has 0 radical (unpaired) electrons. The van der Waals surface area contributed by atoms with Gasteiger partial charge < -0.3 is 15.3 Å². The van der Waals surface area contributed by atoms with Crippen LogP contribution in [-0.4, -0.2) is 62.1 Å². The highest BCUT2D eigenvalue weighted by Crippen LogP contribution is 2.41. The van der Waals surface area contributed by atoms with Crippen LogP contribution in [0.3, 0.4) is 0 Å². The molecule has 0 aromatic heterocycles. The van der Waals surface area contributed by atoms with Crippen LogP contribution >= 0.6 is 11.8 Å². The maximum absolute atomic E-state index is 12.2. The van der Waals surface area contributed by atoms with Crippen molar-refractivity contribution in [2.75, 3.05) is 12.4 Å². The van der Waals surface area contributed by atoms with E-state index in [0.717, 1.165) is 0 Å². The molecule has 0 unspecified atom stereocenters. The molecular weight excluding hydrogens is 320 g/mol. The Labute approximate surface area is 135 Å². The fourth-order valence-corrected chi connectivity index (χ4v) is 3.87. The Kier molecular flexibility index (Phi) is 4.10. The second kappa shape index (κ2) is 6.05. The van der Waals surface area contributed by atoms with Crippen LogP contribution in [0, 0.1) is 0 Å². The summed E-state index contributed by atoms with van der Waals surface area (Å²) < 4.78 is 0. The number of β-lactam (4-membered cyclic amide) rings is 1. The first kappa shape index (κ1) is 15.6. The average molecular weight is 334 g/mol. The summed E-state index contributed by atoms with van der Waals surface area (Å²) in [4.78, 5) is 29.0. The Morgan fingerprint density at radius 2 is 2.17 bits per heavy atom. The van der Waals surface area contributed by atoms with E-state index in [0.29, 0.717) is 16.9 Å². The average Bonchev–Trinajstić information content (AvgIpc) is 2.55. The number of carboxylic acid groups (broad SMARTS) is 1. The van der Waals surface area contributed by atoms with Gasteiger partial charge in [-0.15, -0.1) is 11.8 Å². The lowest BCUT2D eigenvalue weighted by atomic mass is 10.0. The minimum Gasteiger partial charge on any atom is -0.507 e. The molecule has 0 aliphatic carbocycles. The Balaban J connectivity index is 1.83. The molecule has 2 aliphatic rings. The largest absolute Gasteiger partial charge is 0.507 e. The zero-order valence-corrected chi connectivity index (χ0v) is 12.7. The zero-order chi connectivity index (χ0) is 16.6. The van der Waals surface area contributed by atoms with Crippen molar-refractivity contribution in [3.63, 3.8) is 0 Å². The van der Waals surface area contributed by atoms with Gasteiger partial charge in [-0.3, -0.25) is 14.7 Å². The number of rotatable bonds is 4. The van der Waals surface area contributed by atoms with Gasteiger partial charge >= 0.3 is 5.97 Å². The van der Waals surface area contributed by atoms with Crippen molar-refractivity contribution in [3.05, 3.63) is 41.1 Å². The van der Waals surface area contributed by atoms with E-state index in [1.54, 1.807) is 18.2 Å². The first-order valence-electron chi connectivity index (χ1n) is 6.86. The van der Waals surface area contributed by atoms with Crippen LogP contribution < -0.4 is 0 Å². The molecular formula is C15H14N2O5S. The number of para-hydroxylation sites is 1. The number of aliphatic hydroxyl groups excluding tert-OH is 1. The Morgan fingerprint density at radius 3 is 2.83 bits per heavy atom. The number of benzene rings is 1. The number of aromatic hydroxyl groups is 1. The maximum Gasteiger partial charge on any atom is 0.352 e. The highest BCUT2D eigenvalue weighted by Gasteiger charge is 2.53. The van der Waals surface area contributed by atoms with Crippen LogP contribution in [0.1, 0.15) is 5.56 Å². The van der Waals surface area contributed by atoms with Gasteiger partial charge in [0.05, 0.1) is 6.61 Å². The van der Waals surface area contributed by atoms with Crippen molar-refractivity contribution >= 4 is 29.9 Å². The summed E-state index contributed by atoms with van der Waals surface area (Å²) in [5.41, 5.74) is 0.676. The van der Waals surface area contributed by atoms with E-state index in [1.165, 1.54) is 28.9 Å². The number of aliphatic hydroxyl groups is 1. The topological polar surface area (TPSA) is 110 Å². The van der Waals surface area contributed by atoms with Crippen LogP contribution in [0.25, 0.3) is 0 Å². The Hall–Kier alpha value is -2.32. The van der Waals surface area contributed by atoms with Crippen molar-refractivity contribution < 1.29 is 24.9 Å². The SMILES string of the molecule is O=C(O)C1=C(CO)CS[C@@H]2[C@H](N=Cc3ccccc3O)C(=O)N12. The molecule has 2 atom stereocenters. The van der Waals surface area contributed by atoms with Gasteiger partial charge in [0.15, 0.2) is 6.04 Å². The number of amides is 1. The number of nitrogens with zero attached hydrogens (tertiary/aromatic N) is 2. The summed E-state index contributed by atoms with van der Waals surface area (Å²) in [6.07, 6.45) is 1.42. The lowest BCUT2D eigenvalue weighted by Crippen LogP contribution is -2.64. The first-order valence-corrected chi connectivity index (χ1v) is 7.91. The lowest BCUT2D eigenvalue weighted by Gasteiger charge is -2.47. The van der Waals surface area contributed by atoms with E-state index >= 15 is 0 Å². The summed E-state index contributed by atoms with van der Waals surface area (Å²) in [7, 11) is 0. The number of phenolic OH excluding ortho intramolecular Hbond substituents is 1. The van der Waals surface area contributed by atoms with Gasteiger partial charge in [0, 0.05) is 17.5 Å². The van der Waals surface area contributed by atoms with Crippen LogP contribution in [0.15, 0.2) is 40.5 Å². The zero-order valence-electron chi connectivity index (χ0n) is 11.9. The molecule has 0 saturated carbocycles. The van der Waals surface area contributed by atoms with Crippen LogP contribution in [-0.2, 0) is 9.59 Å². The molecule has 0 bridgehead atoms. The predicted octanol–water partition coefficient (Wildman–Crippen LogP) is 0.426. The number of fused-ring (bicyclic) bond motifs is 1. The molecule has 8 heteroatoms. The predicted molar refractivity (Wildman–Crippen MR) is 84.3 cm³/mol. The summed E-state index contributed by atoms with van der Waals surface area (Å²) in [6.45, 7) is -0.392. The number of thioether (sulfide) groups is 1. The number of phenols is 1. The normalized spacial score (nSPS) is 23.9. The summed E-state index contributed by atoms with van der Waals surface area (Å²) in [5, 5.41) is 27.8. The van der Waals surface area contributed by atoms with E-state index in [9.17, 15) is 24.9 Å². The number of carbonyl (C=O) groups is 2. The smallest absolute Gasteiger partial charge is 0.352 e. The van der Waals surface area contributed by atoms with E-state index in [1.807, 2.05) is 0 Å². The van der Waals surface area contributed by atoms with E-state index in [4.69, 9.17) is 0 Å². The van der Waals surface area contributed by atoms with Crippen LogP contribution in [0.2, 0.25) is 0 Å². The molecule has 1 amide bonds. The summed E-state index contributed by atoms with van der Waals surface area (Å²) in [6, 6.07) is 5.92. The van der Waals surface area contributed by atoms with Crippen molar-refractivity contribution in [1.29, 1.82) is 0 Å². The molecule has 3 N–H and O–H groups in total. The van der Waals surface area contributed by atoms with Crippen LogP contribution in [0.5, 0.6) is 5.75 Å². The highest BCUT2D eigenvalue weighted by molar-refractivity contribution is 8.00. The van der Waals surface area contributed by atoms with Crippen LogP contribution in [0.4, 0.5) is 0 Å². The molecule has 7 nitrogen and oxygen atoms in total. The Morgan fingerprint density at radius 1 is 1.43 bits per heavy atom. The van der Waals surface area contributed by atoms with Gasteiger partial charge in [0.2, 0.25) is 0 Å². The number of aliphatic imine (C=N–C) groups is 1. The number of hydrogen-bond acceptors (Lipinski definition) is 6. The summed E-state index contributed by atoms with van der Waals surface area (Å²) >= 11 is 1.37. The number of hydrogen-bond donors (Lipinski definition) is 3. The molecule has 1 fully saturated rings. The van der Waals surface area contributed by atoms with Crippen molar-refractivity contribution in [2.45, 2.75) is 11.4 Å². The molecule has 0 spiro atoms. The molecule has 1 aromatic carbocycles. The van der Waals surface area contributed by atoms with Gasteiger partial charge in [0.25, 0.3) is 5.91 Å². The van der Waals surface area contributed by atoms with Gasteiger partial charge in [-0.2, -0.15) is 0 Å². The monoisotopic (exact) mass is 334 g/mol. The molecule has 120 valence electrons. The fraction of sp³-hybridized carbons (Fsp3) is 0.267. The minimum absolute atomic E-state index is 0.0601. The first-order chi connectivity index (χ1) is 11.0. The third-order valence-corrected chi connectivity index (χ3v) is 5.05. The quantitative estimate of drug-likeness (QED) is 0.544. The molecule has 23 heavy (non-hydrogen) atoms. The standard InChI is InChI=1S/C15H14N2O5S/c18-6-9-7-23-14-11(13(20)17(14)12(9)15(21)22)16-5-8-3-1-2-4-10(8)19/h1-5,11,14,18-19H,6-7H2,(H,21,22)/t11-,14-/m1/s1. The molecule has 3 rings (SSSR count). The van der Waals surface area contributed by atoms with E-state index in [2.05, 4.69) is 4.99 Å². The molecule has 1 aromatic rings. The van der Waals surface area contributed by atoms with E-state index < -0.39 is 29.9 Å². The maximum atomic E-state index is 12.2. The highest BCUT2D eigenvalue weighted by atomic mass is 32.2. The van der Waals surface area contributed by atoms with Crippen molar-refractivity contribution in [2.24, 2.45) is 4.99 Å². The van der Waals surface area contributed by atoms with Gasteiger partial charge in [-0.25, -0.2) is 4.79 Å². The molecule has 2 aliphatic heterocycles. The van der Waals surface area contributed by atoms with Gasteiger partial charge in [0.1, 0.15) is 16.8 Å². The minimum atomic E-state index is -1.23. The third kappa shape index (κ3) is 2.60. The summed E-state index contributed by atoms with van der Waals surface area (Å²) in [5.74, 6) is -1.24. The van der Waals surface area contributed by atoms with Gasteiger partial charge in [-0.1, -0.05) is 12.1 Å². The number of aliphatic carboxylic acids is 1. The van der Waals surface area contributed by atoms with Gasteiger partial charge in [-0.05, 0) is 17.7 Å². The molecule has 2 heterocycles. The number of carbonyl (C=O) groups excluding carboxylic acids is 1. The second-order valence-electron chi connectivity index (χ2n) is 5.11. The van der Waals surface area contributed by atoms with E-state index in [-0.39, 0.29) is 11.4 Å². The molecule has 1 saturated heterocycles. The van der Waals surface area contributed by atoms with Crippen molar-refractivity contribution in [1.82, 2.24) is 4.90 Å². The van der Waals surface area contributed by atoms with Crippen molar-refractivity contribution in [3.8, 4) is 5.75 Å². The Bertz CT molecular complexity index is 730. The third-order valence-electron chi connectivity index (χ3n) is 3.72. The second-order valence-corrected chi connectivity index (χ2v) is 6.21. The lowest BCUT2D eigenvalue weighted by molar-refractivity contribution is -0.147. The fourth-order valence-electron chi connectivity index (χ4n) is 2.55.